The molecule has 0 spiro atoms. The topological polar surface area (TPSA) is 66.6 Å². The molecule has 2 aromatic rings. The fourth-order valence-corrected chi connectivity index (χ4v) is 2.77. The van der Waals surface area contributed by atoms with E-state index in [1.54, 1.807) is 0 Å². The number of aliphatic hydroxyl groups is 1. The molecule has 3 rings (SSSR count). The monoisotopic (exact) mass is 273 g/mol. The predicted molar refractivity (Wildman–Crippen MR) is 75.3 cm³/mol. The van der Waals surface area contributed by atoms with Crippen LogP contribution < -0.4 is 5.32 Å². The van der Waals surface area contributed by atoms with Gasteiger partial charge in [-0.25, -0.2) is 4.98 Å². The Morgan fingerprint density at radius 2 is 2.25 bits per heavy atom. The van der Waals surface area contributed by atoms with Crippen molar-refractivity contribution in [3.05, 3.63) is 36.3 Å². The molecule has 20 heavy (non-hydrogen) atoms. The molecule has 0 bridgehead atoms. The Morgan fingerprint density at radius 3 is 3.05 bits per heavy atom. The van der Waals surface area contributed by atoms with Crippen LogP contribution >= 0.6 is 0 Å². The maximum absolute atomic E-state index is 12.0. The Bertz CT molecular complexity index is 575. The molecule has 106 valence electrons. The number of hydrogen-bond acceptors (Lipinski definition) is 3. The summed E-state index contributed by atoms with van der Waals surface area (Å²) in [7, 11) is 0. The summed E-state index contributed by atoms with van der Waals surface area (Å²) in [5, 5.41) is 12.8. The van der Waals surface area contributed by atoms with E-state index < -0.39 is 6.10 Å². The minimum Gasteiger partial charge on any atom is -0.391 e. The SMILES string of the molecule is O=C(Cc1cn2ccccc2n1)N[C@H]1CCCC[C@@H]1O. The van der Waals surface area contributed by atoms with Crippen LogP contribution in [0.2, 0.25) is 0 Å². The Hall–Kier alpha value is -1.88. The standard InChI is InChI=1S/C15H19N3O2/c19-13-6-2-1-5-12(13)17-15(20)9-11-10-18-8-4-3-7-14(18)16-11/h3-4,7-8,10,12-13,19H,1-2,5-6,9H2,(H,17,20)/t12-,13-/m0/s1. The minimum absolute atomic E-state index is 0.0700. The Labute approximate surface area is 117 Å². The lowest BCUT2D eigenvalue weighted by atomic mass is 9.92. The highest BCUT2D eigenvalue weighted by Crippen LogP contribution is 2.18. The van der Waals surface area contributed by atoms with E-state index in [0.29, 0.717) is 0 Å². The second kappa shape index (κ2) is 5.63. The molecular formula is C15H19N3O2. The van der Waals surface area contributed by atoms with Gasteiger partial charge in [0.1, 0.15) is 5.65 Å². The summed E-state index contributed by atoms with van der Waals surface area (Å²) in [6, 6.07) is 5.65. The number of imidazole rings is 1. The number of amides is 1. The average molecular weight is 273 g/mol. The van der Waals surface area contributed by atoms with E-state index in [2.05, 4.69) is 10.3 Å². The van der Waals surface area contributed by atoms with E-state index in [4.69, 9.17) is 0 Å². The molecule has 0 saturated heterocycles. The molecule has 0 radical (unpaired) electrons. The van der Waals surface area contributed by atoms with E-state index in [0.717, 1.165) is 37.0 Å². The Kier molecular flexibility index (Phi) is 3.69. The zero-order valence-corrected chi connectivity index (χ0v) is 11.3. The van der Waals surface area contributed by atoms with Crippen LogP contribution in [0.1, 0.15) is 31.4 Å². The summed E-state index contributed by atoms with van der Waals surface area (Å²) in [5.41, 5.74) is 1.59. The van der Waals surface area contributed by atoms with E-state index in [1.807, 2.05) is 35.0 Å². The first-order valence-corrected chi connectivity index (χ1v) is 7.12. The van der Waals surface area contributed by atoms with Crippen molar-refractivity contribution in [1.82, 2.24) is 14.7 Å². The molecular weight excluding hydrogens is 254 g/mol. The number of fused-ring (bicyclic) bond motifs is 1. The third-order valence-corrected chi connectivity index (χ3v) is 3.83. The molecule has 0 unspecified atom stereocenters. The van der Waals surface area contributed by atoms with Crippen molar-refractivity contribution >= 4 is 11.6 Å². The van der Waals surface area contributed by atoms with Crippen molar-refractivity contribution in [3.8, 4) is 0 Å². The molecule has 1 fully saturated rings. The lowest BCUT2D eigenvalue weighted by molar-refractivity contribution is -0.122. The first kappa shape index (κ1) is 13.1. The molecule has 5 nitrogen and oxygen atoms in total. The normalized spacial score (nSPS) is 22.9. The highest BCUT2D eigenvalue weighted by molar-refractivity contribution is 5.78. The quantitative estimate of drug-likeness (QED) is 0.885. The molecule has 0 aliphatic heterocycles. The van der Waals surface area contributed by atoms with E-state index >= 15 is 0 Å². The number of pyridine rings is 1. The smallest absolute Gasteiger partial charge is 0.226 e. The summed E-state index contributed by atoms with van der Waals surface area (Å²) in [6.45, 7) is 0. The van der Waals surface area contributed by atoms with Crippen molar-refractivity contribution in [2.45, 2.75) is 44.2 Å². The largest absolute Gasteiger partial charge is 0.391 e. The van der Waals surface area contributed by atoms with Gasteiger partial charge in [-0.3, -0.25) is 4.79 Å². The highest BCUT2D eigenvalue weighted by Gasteiger charge is 2.24. The van der Waals surface area contributed by atoms with Gasteiger partial charge in [0, 0.05) is 12.4 Å². The molecule has 1 aliphatic carbocycles. The Balaban J connectivity index is 1.63. The minimum atomic E-state index is -0.409. The van der Waals surface area contributed by atoms with Gasteiger partial charge in [-0.15, -0.1) is 0 Å². The molecule has 5 heteroatoms. The lowest BCUT2D eigenvalue weighted by Gasteiger charge is -2.28. The number of hydrogen-bond donors (Lipinski definition) is 2. The van der Waals surface area contributed by atoms with Crippen molar-refractivity contribution < 1.29 is 9.90 Å². The van der Waals surface area contributed by atoms with Crippen LogP contribution in [0.5, 0.6) is 0 Å². The van der Waals surface area contributed by atoms with Crippen LogP contribution in [0, 0.1) is 0 Å². The van der Waals surface area contributed by atoms with Gasteiger partial charge in [0.2, 0.25) is 5.91 Å². The highest BCUT2D eigenvalue weighted by atomic mass is 16.3. The lowest BCUT2D eigenvalue weighted by Crippen LogP contribution is -2.45. The number of nitrogens with zero attached hydrogens (tertiary/aromatic N) is 2. The predicted octanol–water partition coefficient (Wildman–Crippen LogP) is 1.30. The van der Waals surface area contributed by atoms with Crippen LogP contribution in [0.3, 0.4) is 0 Å². The maximum atomic E-state index is 12.0. The summed E-state index contributed by atoms with van der Waals surface area (Å²) < 4.78 is 1.90. The fraction of sp³-hybridized carbons (Fsp3) is 0.467. The van der Waals surface area contributed by atoms with Gasteiger partial charge in [0.05, 0.1) is 24.3 Å². The number of carbonyl (C=O) groups excluding carboxylic acids is 1. The van der Waals surface area contributed by atoms with Crippen LogP contribution in [-0.2, 0) is 11.2 Å². The van der Waals surface area contributed by atoms with E-state index in [9.17, 15) is 9.90 Å². The van der Waals surface area contributed by atoms with Crippen molar-refractivity contribution in [1.29, 1.82) is 0 Å². The molecule has 1 aliphatic rings. The Morgan fingerprint density at radius 1 is 1.40 bits per heavy atom. The van der Waals surface area contributed by atoms with Crippen molar-refractivity contribution in [3.63, 3.8) is 0 Å². The summed E-state index contributed by atoms with van der Waals surface area (Å²) >= 11 is 0. The second-order valence-electron chi connectivity index (χ2n) is 5.40. The first-order chi connectivity index (χ1) is 9.72. The average Bonchev–Trinajstić information content (AvgIpc) is 2.83. The van der Waals surface area contributed by atoms with Crippen molar-refractivity contribution in [2.24, 2.45) is 0 Å². The molecule has 2 N–H and O–H groups in total. The van der Waals surface area contributed by atoms with Gasteiger partial charge < -0.3 is 14.8 Å². The second-order valence-corrected chi connectivity index (χ2v) is 5.40. The molecule has 2 heterocycles. The maximum Gasteiger partial charge on any atom is 0.226 e. The van der Waals surface area contributed by atoms with Crippen LogP contribution in [0.25, 0.3) is 5.65 Å². The van der Waals surface area contributed by atoms with Crippen molar-refractivity contribution in [2.75, 3.05) is 0 Å². The molecule has 1 saturated carbocycles. The van der Waals surface area contributed by atoms with E-state index in [1.165, 1.54) is 0 Å². The third-order valence-electron chi connectivity index (χ3n) is 3.83. The van der Waals surface area contributed by atoms with Gasteiger partial charge in [0.25, 0.3) is 0 Å². The summed E-state index contributed by atoms with van der Waals surface area (Å²) in [6.07, 6.45) is 7.37. The van der Waals surface area contributed by atoms with Crippen LogP contribution in [0.15, 0.2) is 30.6 Å². The van der Waals surface area contributed by atoms with Crippen LogP contribution in [-0.4, -0.2) is 32.5 Å². The number of aliphatic hydroxyl groups excluding tert-OH is 1. The molecule has 2 atom stereocenters. The third kappa shape index (κ3) is 2.82. The molecule has 0 aromatic carbocycles. The van der Waals surface area contributed by atoms with Gasteiger partial charge in [0.15, 0.2) is 0 Å². The van der Waals surface area contributed by atoms with Gasteiger partial charge in [-0.05, 0) is 25.0 Å². The van der Waals surface area contributed by atoms with Gasteiger partial charge >= 0.3 is 0 Å². The number of carbonyl (C=O) groups is 1. The zero-order chi connectivity index (χ0) is 13.9. The summed E-state index contributed by atoms with van der Waals surface area (Å²) in [5.74, 6) is -0.0700. The zero-order valence-electron chi connectivity index (χ0n) is 11.3. The molecule has 1 amide bonds. The van der Waals surface area contributed by atoms with Gasteiger partial charge in [-0.1, -0.05) is 18.9 Å². The first-order valence-electron chi connectivity index (χ1n) is 7.12. The van der Waals surface area contributed by atoms with Crippen LogP contribution in [0.4, 0.5) is 0 Å². The van der Waals surface area contributed by atoms with Gasteiger partial charge in [-0.2, -0.15) is 0 Å². The fourth-order valence-electron chi connectivity index (χ4n) is 2.77. The number of nitrogens with one attached hydrogen (secondary N) is 1. The number of aromatic nitrogens is 2. The molecule has 2 aromatic heterocycles. The number of rotatable bonds is 3. The van der Waals surface area contributed by atoms with E-state index in [-0.39, 0.29) is 18.4 Å². The summed E-state index contributed by atoms with van der Waals surface area (Å²) in [4.78, 5) is 16.4.